The van der Waals surface area contributed by atoms with Gasteiger partial charge in [-0.25, -0.2) is 24.9 Å². The number of hydrogen-bond donors (Lipinski definition) is 1. The summed E-state index contributed by atoms with van der Waals surface area (Å²) in [6.45, 7) is 1.74. The zero-order valence-corrected chi connectivity index (χ0v) is 18.1. The van der Waals surface area contributed by atoms with Crippen molar-refractivity contribution < 1.29 is 9.18 Å². The highest BCUT2D eigenvalue weighted by molar-refractivity contribution is 6.30. The molecule has 4 rings (SSSR count). The topological polar surface area (TPSA) is 93.6 Å². The molecule has 0 unspecified atom stereocenters. The van der Waals surface area contributed by atoms with E-state index in [0.29, 0.717) is 21.8 Å². The average Bonchev–Trinajstić information content (AvgIpc) is 2.79. The van der Waals surface area contributed by atoms with E-state index in [1.54, 1.807) is 43.3 Å². The molecule has 1 N–H and O–H groups in total. The van der Waals surface area contributed by atoms with Crippen molar-refractivity contribution in [2.45, 2.75) is 13.0 Å². The number of pyridine rings is 1. The Hall–Kier alpha value is -3.49. The Labute approximate surface area is 192 Å². The van der Waals surface area contributed by atoms with Crippen LogP contribution in [0.2, 0.25) is 10.3 Å². The zero-order chi connectivity index (χ0) is 22.7. The fourth-order valence-corrected chi connectivity index (χ4v) is 3.15. The van der Waals surface area contributed by atoms with Crippen LogP contribution >= 0.6 is 23.2 Å². The van der Waals surface area contributed by atoms with Crippen LogP contribution in [0.5, 0.6) is 0 Å². The van der Waals surface area contributed by atoms with Crippen molar-refractivity contribution in [3.05, 3.63) is 88.6 Å². The molecule has 0 aliphatic rings. The minimum absolute atomic E-state index is 0.0824. The molecule has 10 heteroatoms. The summed E-state index contributed by atoms with van der Waals surface area (Å²) in [5, 5.41) is 3.48. The van der Waals surface area contributed by atoms with Crippen LogP contribution in [0, 0.1) is 5.95 Å². The van der Waals surface area contributed by atoms with Gasteiger partial charge >= 0.3 is 0 Å². The number of nitrogens with zero attached hydrogens (tertiary/aromatic N) is 5. The van der Waals surface area contributed by atoms with Crippen LogP contribution in [0.25, 0.3) is 22.6 Å². The maximum atomic E-state index is 13.5. The first kappa shape index (κ1) is 21.7. The molecule has 7 nitrogen and oxygen atoms in total. The molecule has 1 amide bonds. The number of aromatic nitrogens is 5. The van der Waals surface area contributed by atoms with Gasteiger partial charge in [-0.2, -0.15) is 4.39 Å². The summed E-state index contributed by atoms with van der Waals surface area (Å²) in [5.41, 5.74) is 2.43. The third-order valence-electron chi connectivity index (χ3n) is 4.58. The second-order valence-electron chi connectivity index (χ2n) is 6.82. The quantitative estimate of drug-likeness (QED) is 0.329. The van der Waals surface area contributed by atoms with Gasteiger partial charge in [0, 0.05) is 29.2 Å². The molecule has 0 radical (unpaired) electrons. The van der Waals surface area contributed by atoms with E-state index in [1.165, 1.54) is 24.7 Å². The lowest BCUT2D eigenvalue weighted by atomic mass is 10.1. The summed E-state index contributed by atoms with van der Waals surface area (Å²) in [4.78, 5) is 33.4. The number of halogens is 3. The normalized spacial score (nSPS) is 11.8. The van der Waals surface area contributed by atoms with E-state index >= 15 is 0 Å². The lowest BCUT2D eigenvalue weighted by Crippen LogP contribution is -2.28. The van der Waals surface area contributed by atoms with Crippen molar-refractivity contribution in [3.8, 4) is 22.6 Å². The Morgan fingerprint density at radius 3 is 2.38 bits per heavy atom. The molecule has 32 heavy (non-hydrogen) atoms. The van der Waals surface area contributed by atoms with E-state index in [9.17, 15) is 9.18 Å². The van der Waals surface area contributed by atoms with Gasteiger partial charge in [0.1, 0.15) is 5.69 Å². The predicted octanol–water partition coefficient (Wildman–Crippen LogP) is 4.93. The van der Waals surface area contributed by atoms with Crippen LogP contribution in [0.15, 0.2) is 61.1 Å². The Bertz CT molecular complexity index is 1200. The molecular weight excluding hydrogens is 454 g/mol. The number of nitrogens with one attached hydrogen (secondary N) is 1. The van der Waals surface area contributed by atoms with Gasteiger partial charge in [-0.1, -0.05) is 23.7 Å². The molecule has 3 heterocycles. The largest absolute Gasteiger partial charge is 0.344 e. The van der Waals surface area contributed by atoms with Gasteiger partial charge < -0.3 is 5.32 Å². The van der Waals surface area contributed by atoms with E-state index in [0.717, 1.165) is 5.56 Å². The standard InChI is InChI=1S/C22H15Cl2FN6O/c1-12(14-6-7-26-19(25)8-14)29-21(32)18-9-17(13-2-4-16(23)5-3-13)30-20(31-18)15-10-27-22(24)28-11-15/h2-12H,1H3,(H,29,32)/t12-/m0/s1. The van der Waals surface area contributed by atoms with Gasteiger partial charge in [-0.15, -0.1) is 0 Å². The summed E-state index contributed by atoms with van der Waals surface area (Å²) in [5.74, 6) is -0.828. The third kappa shape index (κ3) is 5.04. The monoisotopic (exact) mass is 468 g/mol. The first-order valence-electron chi connectivity index (χ1n) is 9.44. The van der Waals surface area contributed by atoms with Crippen LogP contribution in [0.3, 0.4) is 0 Å². The lowest BCUT2D eigenvalue weighted by molar-refractivity contribution is 0.0934. The lowest BCUT2D eigenvalue weighted by Gasteiger charge is -2.15. The molecule has 0 aliphatic heterocycles. The molecule has 1 atom stereocenters. The molecule has 1 aromatic carbocycles. The number of carbonyl (C=O) groups excluding carboxylic acids is 1. The summed E-state index contributed by atoms with van der Waals surface area (Å²) < 4.78 is 13.5. The van der Waals surface area contributed by atoms with Crippen molar-refractivity contribution in [2.24, 2.45) is 0 Å². The van der Waals surface area contributed by atoms with E-state index in [4.69, 9.17) is 23.2 Å². The molecule has 0 aliphatic carbocycles. The van der Waals surface area contributed by atoms with E-state index in [1.807, 2.05) is 0 Å². The molecular formula is C22H15Cl2FN6O. The maximum absolute atomic E-state index is 13.5. The minimum atomic E-state index is -0.624. The number of benzene rings is 1. The highest BCUT2D eigenvalue weighted by atomic mass is 35.5. The molecule has 0 saturated heterocycles. The molecule has 0 spiro atoms. The molecule has 4 aromatic rings. The van der Waals surface area contributed by atoms with E-state index in [2.05, 4.69) is 30.2 Å². The van der Waals surface area contributed by atoms with Gasteiger partial charge in [0.05, 0.1) is 17.3 Å². The summed E-state index contributed by atoms with van der Waals surface area (Å²) in [6.07, 6.45) is 4.29. The number of carbonyl (C=O) groups is 1. The van der Waals surface area contributed by atoms with Gasteiger partial charge in [0.15, 0.2) is 5.82 Å². The summed E-state index contributed by atoms with van der Waals surface area (Å²) in [6, 6.07) is 11.0. The van der Waals surface area contributed by atoms with Crippen LogP contribution < -0.4 is 5.32 Å². The maximum Gasteiger partial charge on any atom is 0.270 e. The summed E-state index contributed by atoms with van der Waals surface area (Å²) >= 11 is 11.8. The fourth-order valence-electron chi connectivity index (χ4n) is 2.93. The predicted molar refractivity (Wildman–Crippen MR) is 119 cm³/mol. The van der Waals surface area contributed by atoms with Gasteiger partial charge in [-0.05, 0) is 54.4 Å². The minimum Gasteiger partial charge on any atom is -0.344 e. The van der Waals surface area contributed by atoms with Crippen LogP contribution in [-0.2, 0) is 0 Å². The molecule has 0 bridgehead atoms. The van der Waals surface area contributed by atoms with Crippen LogP contribution in [0.1, 0.15) is 29.0 Å². The molecule has 0 saturated carbocycles. The van der Waals surface area contributed by atoms with Gasteiger partial charge in [-0.3, -0.25) is 4.79 Å². The van der Waals surface area contributed by atoms with Crippen molar-refractivity contribution in [1.29, 1.82) is 0 Å². The number of hydrogen-bond acceptors (Lipinski definition) is 6. The Morgan fingerprint density at radius 2 is 1.69 bits per heavy atom. The Morgan fingerprint density at radius 1 is 0.969 bits per heavy atom. The number of rotatable bonds is 5. The van der Waals surface area contributed by atoms with Crippen LogP contribution in [0.4, 0.5) is 4.39 Å². The van der Waals surface area contributed by atoms with Gasteiger partial charge in [0.2, 0.25) is 11.2 Å². The van der Waals surface area contributed by atoms with Crippen molar-refractivity contribution in [1.82, 2.24) is 30.2 Å². The smallest absolute Gasteiger partial charge is 0.270 e. The second-order valence-corrected chi connectivity index (χ2v) is 7.59. The Balaban J connectivity index is 1.72. The highest BCUT2D eigenvalue weighted by Gasteiger charge is 2.17. The second kappa shape index (κ2) is 9.33. The molecule has 3 aromatic heterocycles. The van der Waals surface area contributed by atoms with Gasteiger partial charge in [0.25, 0.3) is 5.91 Å². The zero-order valence-electron chi connectivity index (χ0n) is 16.6. The first-order valence-corrected chi connectivity index (χ1v) is 10.2. The van der Waals surface area contributed by atoms with E-state index < -0.39 is 17.9 Å². The first-order chi connectivity index (χ1) is 15.4. The van der Waals surface area contributed by atoms with Crippen molar-refractivity contribution in [3.63, 3.8) is 0 Å². The van der Waals surface area contributed by atoms with Crippen LogP contribution in [-0.4, -0.2) is 30.8 Å². The SMILES string of the molecule is C[C@H](NC(=O)c1cc(-c2ccc(Cl)cc2)nc(-c2cnc(Cl)nc2)n1)c1ccnc(F)c1. The summed E-state index contributed by atoms with van der Waals surface area (Å²) in [7, 11) is 0. The molecule has 160 valence electrons. The highest BCUT2D eigenvalue weighted by Crippen LogP contribution is 2.24. The van der Waals surface area contributed by atoms with Crippen molar-refractivity contribution >= 4 is 29.1 Å². The number of amides is 1. The average molecular weight is 469 g/mol. The van der Waals surface area contributed by atoms with Crippen molar-refractivity contribution in [2.75, 3.05) is 0 Å². The third-order valence-corrected chi connectivity index (χ3v) is 5.02. The Kier molecular flexibility index (Phi) is 6.34. The fraction of sp³-hybridized carbons (Fsp3) is 0.0909. The van der Waals surface area contributed by atoms with E-state index in [-0.39, 0.29) is 16.8 Å². The molecule has 0 fully saturated rings.